The highest BCUT2D eigenvalue weighted by atomic mass is 19.4. The van der Waals surface area contributed by atoms with Gasteiger partial charge in [0, 0.05) is 45.0 Å². The van der Waals surface area contributed by atoms with Crippen LogP contribution < -0.4 is 10.6 Å². The number of halogens is 5. The lowest BCUT2D eigenvalue weighted by Gasteiger charge is -2.36. The average molecular weight is 626 g/mol. The molecule has 2 aliphatic rings. The number of rotatable bonds is 9. The molecule has 4 heterocycles. The first kappa shape index (κ1) is 31.3. The summed E-state index contributed by atoms with van der Waals surface area (Å²) in [5.41, 5.74) is -1.11. The van der Waals surface area contributed by atoms with Gasteiger partial charge in [-0.05, 0) is 56.2 Å². The Morgan fingerprint density at radius 2 is 1.93 bits per heavy atom. The van der Waals surface area contributed by atoms with E-state index >= 15 is 0 Å². The van der Waals surface area contributed by atoms with Crippen molar-refractivity contribution < 1.29 is 41.4 Å². The molecule has 2 amide bonds. The van der Waals surface area contributed by atoms with Crippen LogP contribution in [0.25, 0.3) is 5.65 Å². The fourth-order valence-corrected chi connectivity index (χ4v) is 6.26. The molecule has 3 aromatic heterocycles. The Morgan fingerprint density at radius 3 is 2.59 bits per heavy atom. The fraction of sp³-hybridized carbons (Fsp3) is 0.571. The summed E-state index contributed by atoms with van der Waals surface area (Å²) in [5.74, 6) is -7.20. The molecule has 2 fully saturated rings. The number of nitrogens with zero attached hydrogens (tertiary/aromatic N) is 5. The monoisotopic (exact) mass is 625 g/mol. The zero-order valence-corrected chi connectivity index (χ0v) is 23.8. The maximum Gasteiger partial charge on any atom is 0.389 e. The van der Waals surface area contributed by atoms with Gasteiger partial charge in [0.1, 0.15) is 5.69 Å². The third-order valence-electron chi connectivity index (χ3n) is 8.52. The molecule has 0 aromatic carbocycles. The Labute approximate surface area is 248 Å². The molecule has 0 bridgehead atoms. The maximum absolute atomic E-state index is 14.0. The molecule has 3 atom stereocenters. The van der Waals surface area contributed by atoms with Crippen LogP contribution in [0, 0.1) is 17.3 Å². The van der Waals surface area contributed by atoms with Crippen molar-refractivity contribution in [2.45, 2.75) is 76.6 Å². The number of carboxylic acid groups (broad SMARTS) is 1. The molecule has 1 aliphatic heterocycles. The van der Waals surface area contributed by atoms with E-state index < -0.39 is 66.5 Å². The number of hydrogen-bond donors (Lipinski definition) is 3. The summed E-state index contributed by atoms with van der Waals surface area (Å²) in [7, 11) is 0. The predicted molar refractivity (Wildman–Crippen MR) is 144 cm³/mol. The molecule has 5 rings (SSSR count). The smallest absolute Gasteiger partial charge is 0.389 e. The van der Waals surface area contributed by atoms with Crippen molar-refractivity contribution in [1.82, 2.24) is 35.0 Å². The number of alkyl halides is 5. The third kappa shape index (κ3) is 6.53. The number of carbonyl (C=O) groups is 3. The van der Waals surface area contributed by atoms with Crippen molar-refractivity contribution in [2.75, 3.05) is 6.54 Å². The molecule has 1 aliphatic carbocycles. The van der Waals surface area contributed by atoms with Crippen molar-refractivity contribution in [1.29, 1.82) is 0 Å². The quantitative estimate of drug-likeness (QED) is 0.241. The van der Waals surface area contributed by atoms with Crippen LogP contribution in [-0.4, -0.2) is 65.9 Å². The summed E-state index contributed by atoms with van der Waals surface area (Å²) in [4.78, 5) is 42.9. The number of aromatic nitrogens is 5. The molecule has 3 aromatic rings. The molecule has 0 radical (unpaired) electrons. The summed E-state index contributed by atoms with van der Waals surface area (Å²) in [6.45, 7) is 1.96. The number of amides is 2. The largest absolute Gasteiger partial charge is 0.480 e. The van der Waals surface area contributed by atoms with Gasteiger partial charge in [0.05, 0.1) is 23.6 Å². The molecule has 3 N–H and O–H groups in total. The lowest BCUT2D eigenvalue weighted by molar-refractivity contribution is -0.167. The fourth-order valence-electron chi connectivity index (χ4n) is 6.26. The van der Waals surface area contributed by atoms with Gasteiger partial charge in [-0.2, -0.15) is 23.4 Å². The van der Waals surface area contributed by atoms with Crippen molar-refractivity contribution in [3.63, 3.8) is 0 Å². The molecule has 1 saturated heterocycles. The normalized spacial score (nSPS) is 23.3. The topological polar surface area (TPSA) is 144 Å². The van der Waals surface area contributed by atoms with Gasteiger partial charge >= 0.3 is 12.1 Å². The van der Waals surface area contributed by atoms with Crippen LogP contribution in [0.4, 0.5) is 22.0 Å². The number of piperidine rings is 1. The zero-order valence-electron chi connectivity index (χ0n) is 23.8. The number of aryl methyl sites for hydroxylation is 1. The molecule has 1 saturated carbocycles. The first-order valence-electron chi connectivity index (χ1n) is 14.3. The number of carboxylic acids is 1. The maximum atomic E-state index is 14.0. The van der Waals surface area contributed by atoms with Crippen LogP contribution >= 0.6 is 0 Å². The number of aliphatic carboxylic acids is 1. The summed E-state index contributed by atoms with van der Waals surface area (Å²) in [5, 5.41) is 23.8. The first-order valence-corrected chi connectivity index (χ1v) is 14.3. The molecule has 0 spiro atoms. The minimum absolute atomic E-state index is 0.122. The zero-order chi connectivity index (χ0) is 31.9. The van der Waals surface area contributed by atoms with Gasteiger partial charge < -0.3 is 15.7 Å². The van der Waals surface area contributed by atoms with Crippen LogP contribution in [-0.2, 0) is 22.6 Å². The van der Waals surface area contributed by atoms with E-state index in [4.69, 9.17) is 0 Å². The van der Waals surface area contributed by atoms with Crippen LogP contribution in [0.15, 0.2) is 30.6 Å². The second-order valence-corrected chi connectivity index (χ2v) is 11.6. The Bertz CT molecular complexity index is 1540. The Hall–Kier alpha value is -4.11. The van der Waals surface area contributed by atoms with E-state index in [0.717, 1.165) is 0 Å². The van der Waals surface area contributed by atoms with E-state index in [2.05, 4.69) is 25.8 Å². The predicted octanol–water partition coefficient (Wildman–Crippen LogP) is 3.94. The lowest BCUT2D eigenvalue weighted by Crippen LogP contribution is -2.55. The van der Waals surface area contributed by atoms with Crippen LogP contribution in [0.1, 0.15) is 73.4 Å². The van der Waals surface area contributed by atoms with Gasteiger partial charge in [0.2, 0.25) is 11.8 Å². The third-order valence-corrected chi connectivity index (χ3v) is 8.52. The van der Waals surface area contributed by atoms with Gasteiger partial charge in [0.15, 0.2) is 11.1 Å². The molecule has 11 nitrogen and oxygen atoms in total. The van der Waals surface area contributed by atoms with E-state index in [1.165, 1.54) is 33.7 Å². The van der Waals surface area contributed by atoms with E-state index in [0.29, 0.717) is 17.9 Å². The highest BCUT2D eigenvalue weighted by Crippen LogP contribution is 2.42. The molecular formula is C28H32F5N7O4. The van der Waals surface area contributed by atoms with Crippen molar-refractivity contribution in [3.8, 4) is 0 Å². The van der Waals surface area contributed by atoms with Crippen molar-refractivity contribution >= 4 is 23.4 Å². The standard InChI is InChI=1S/C28H32F5N7O4/c1-2-39-20(7-10-35-39)23(41)37-22(17-5-8-27(29,30)9-6-17)19-15-40-21(36-19)4-3-18(38-40)13-26(25(43)44)11-16(12-28(31,32)33)14-34-24(26)42/h3-4,7,10,15-17,22H,2,5-6,8-9,11-14H2,1H3,(H,34,42)(H,37,41)(H,43,44)/t16?,22-,26+/m0/s1. The van der Waals surface area contributed by atoms with Crippen molar-refractivity contribution in [3.05, 3.63) is 47.7 Å². The van der Waals surface area contributed by atoms with Crippen LogP contribution in [0.5, 0.6) is 0 Å². The average Bonchev–Trinajstić information content (AvgIpc) is 3.59. The Kier molecular flexibility index (Phi) is 8.37. The Balaban J connectivity index is 1.44. The Morgan fingerprint density at radius 1 is 1.20 bits per heavy atom. The molecule has 16 heteroatoms. The first-order chi connectivity index (χ1) is 20.7. The van der Waals surface area contributed by atoms with Gasteiger partial charge in [-0.15, -0.1) is 0 Å². The lowest BCUT2D eigenvalue weighted by atomic mass is 9.71. The van der Waals surface area contributed by atoms with Gasteiger partial charge in [-0.1, -0.05) is 0 Å². The minimum Gasteiger partial charge on any atom is -0.480 e. The summed E-state index contributed by atoms with van der Waals surface area (Å²) in [6, 6.07) is 3.73. The van der Waals surface area contributed by atoms with E-state index in [9.17, 15) is 41.4 Å². The number of fused-ring (bicyclic) bond motifs is 1. The second kappa shape index (κ2) is 11.8. The number of imidazole rings is 1. The number of hydrogen-bond acceptors (Lipinski definition) is 6. The van der Waals surface area contributed by atoms with Gasteiger partial charge in [0.25, 0.3) is 5.91 Å². The SMILES string of the molecule is CCn1nccc1C(=O)N[C@H](c1cn2nc(C[C@]3(C(=O)O)CC(CC(F)(F)F)CNC3=O)ccc2n1)C1CCC(F)(F)CC1. The van der Waals surface area contributed by atoms with Gasteiger partial charge in [-0.25, -0.2) is 18.3 Å². The highest BCUT2D eigenvalue weighted by molar-refractivity contribution is 6.02. The van der Waals surface area contributed by atoms with Crippen molar-refractivity contribution in [2.24, 2.45) is 17.3 Å². The molecule has 238 valence electrons. The van der Waals surface area contributed by atoms with E-state index in [1.54, 1.807) is 6.07 Å². The number of nitrogens with one attached hydrogen (secondary N) is 2. The van der Waals surface area contributed by atoms with Crippen LogP contribution in [0.2, 0.25) is 0 Å². The summed E-state index contributed by atoms with van der Waals surface area (Å²) in [6.07, 6.45) is -4.21. The molecule has 44 heavy (non-hydrogen) atoms. The van der Waals surface area contributed by atoms with E-state index in [1.807, 2.05) is 6.92 Å². The number of carbonyl (C=O) groups excluding carboxylic acids is 2. The van der Waals surface area contributed by atoms with Crippen LogP contribution in [0.3, 0.4) is 0 Å². The van der Waals surface area contributed by atoms with Gasteiger partial charge in [-0.3, -0.25) is 19.1 Å². The van der Waals surface area contributed by atoms with E-state index in [-0.39, 0.29) is 49.5 Å². The molecular weight excluding hydrogens is 593 g/mol. The second-order valence-electron chi connectivity index (χ2n) is 11.6. The molecule has 1 unspecified atom stereocenters. The summed E-state index contributed by atoms with van der Waals surface area (Å²) < 4.78 is 70.0. The minimum atomic E-state index is -4.53. The highest BCUT2D eigenvalue weighted by Gasteiger charge is 2.52. The summed E-state index contributed by atoms with van der Waals surface area (Å²) >= 11 is 0.